The third-order valence-corrected chi connectivity index (χ3v) is 3.23. The lowest BCUT2D eigenvalue weighted by Gasteiger charge is -2.13. The second-order valence-corrected chi connectivity index (χ2v) is 5.51. The number of rotatable bonds is 8. The van der Waals surface area contributed by atoms with Crippen molar-refractivity contribution in [2.45, 2.75) is 32.7 Å². The van der Waals surface area contributed by atoms with Crippen molar-refractivity contribution in [2.24, 2.45) is 0 Å². The first kappa shape index (κ1) is 17.5. The molecular weight excluding hydrogens is 336 g/mol. The molecule has 6 heteroatoms. The number of nitrogens with one attached hydrogen (secondary N) is 2. The van der Waals surface area contributed by atoms with E-state index in [0.29, 0.717) is 26.0 Å². The van der Waals surface area contributed by atoms with Crippen molar-refractivity contribution in [2.75, 3.05) is 13.2 Å². The first-order valence-corrected chi connectivity index (χ1v) is 7.77. The van der Waals surface area contributed by atoms with E-state index >= 15 is 0 Å². The number of likely N-dealkylation sites (N-methyl/N-ethyl adjacent to an activating group) is 1. The summed E-state index contributed by atoms with van der Waals surface area (Å²) in [5.74, 6) is 0.448. The van der Waals surface area contributed by atoms with Gasteiger partial charge in [-0.2, -0.15) is 0 Å². The van der Waals surface area contributed by atoms with Gasteiger partial charge >= 0.3 is 0 Å². The second-order valence-electron chi connectivity index (χ2n) is 4.59. The van der Waals surface area contributed by atoms with Crippen LogP contribution in [0.3, 0.4) is 0 Å². The molecule has 0 fully saturated rings. The molecule has 2 N–H and O–H groups in total. The van der Waals surface area contributed by atoms with Crippen molar-refractivity contribution < 1.29 is 14.3 Å². The summed E-state index contributed by atoms with van der Waals surface area (Å²) >= 11 is 3.37. The number of ether oxygens (including phenoxy) is 1. The van der Waals surface area contributed by atoms with E-state index in [-0.39, 0.29) is 11.8 Å². The van der Waals surface area contributed by atoms with E-state index in [0.717, 1.165) is 10.2 Å². The Kier molecular flexibility index (Phi) is 7.82. The van der Waals surface area contributed by atoms with Crippen LogP contribution in [0.5, 0.6) is 5.75 Å². The lowest BCUT2D eigenvalue weighted by Crippen LogP contribution is -2.44. The van der Waals surface area contributed by atoms with Crippen LogP contribution in [0.4, 0.5) is 0 Å². The van der Waals surface area contributed by atoms with Crippen molar-refractivity contribution in [1.29, 1.82) is 0 Å². The van der Waals surface area contributed by atoms with Crippen molar-refractivity contribution in [3.05, 3.63) is 28.7 Å². The molecule has 1 aromatic rings. The van der Waals surface area contributed by atoms with Crippen LogP contribution in [0.15, 0.2) is 28.7 Å². The summed E-state index contributed by atoms with van der Waals surface area (Å²) in [5, 5.41) is 5.32. The predicted molar refractivity (Wildman–Crippen MR) is 85.2 cm³/mol. The molecule has 21 heavy (non-hydrogen) atoms. The molecule has 0 bridgehead atoms. The molecule has 0 saturated heterocycles. The van der Waals surface area contributed by atoms with Crippen LogP contribution in [0.2, 0.25) is 0 Å². The van der Waals surface area contributed by atoms with E-state index in [1.54, 1.807) is 6.92 Å². The predicted octanol–water partition coefficient (Wildman–Crippen LogP) is 2.25. The molecule has 0 aromatic heterocycles. The average Bonchev–Trinajstić information content (AvgIpc) is 2.44. The summed E-state index contributed by atoms with van der Waals surface area (Å²) in [6.45, 7) is 4.52. The van der Waals surface area contributed by atoms with Crippen molar-refractivity contribution in [3.63, 3.8) is 0 Å². The van der Waals surface area contributed by atoms with Crippen molar-refractivity contribution >= 4 is 27.7 Å². The molecule has 0 saturated carbocycles. The van der Waals surface area contributed by atoms with Crippen LogP contribution in [0.25, 0.3) is 0 Å². The Bertz CT molecular complexity index is 480. The molecule has 0 spiro atoms. The topological polar surface area (TPSA) is 67.4 Å². The number of hydrogen-bond acceptors (Lipinski definition) is 3. The van der Waals surface area contributed by atoms with Gasteiger partial charge in [-0.3, -0.25) is 9.59 Å². The molecule has 0 aliphatic heterocycles. The molecule has 1 aromatic carbocycles. The van der Waals surface area contributed by atoms with Gasteiger partial charge in [-0.1, -0.05) is 22.0 Å². The zero-order chi connectivity index (χ0) is 15.7. The minimum absolute atomic E-state index is 0.147. The first-order chi connectivity index (χ1) is 10.0. The van der Waals surface area contributed by atoms with E-state index in [1.807, 2.05) is 31.2 Å². The highest BCUT2D eigenvalue weighted by molar-refractivity contribution is 9.10. The van der Waals surface area contributed by atoms with Gasteiger partial charge in [0.25, 0.3) is 0 Å². The minimum Gasteiger partial charge on any atom is -0.494 e. The maximum absolute atomic E-state index is 11.7. The molecule has 5 nitrogen and oxygen atoms in total. The van der Waals surface area contributed by atoms with Gasteiger partial charge in [-0.05, 0) is 38.5 Å². The van der Waals surface area contributed by atoms with Crippen LogP contribution in [-0.4, -0.2) is 31.0 Å². The van der Waals surface area contributed by atoms with E-state index in [9.17, 15) is 9.59 Å². The molecule has 0 aliphatic rings. The van der Waals surface area contributed by atoms with Gasteiger partial charge in [0, 0.05) is 17.4 Å². The zero-order valence-corrected chi connectivity index (χ0v) is 13.9. The van der Waals surface area contributed by atoms with Crippen LogP contribution in [0.1, 0.15) is 26.7 Å². The molecule has 0 heterocycles. The minimum atomic E-state index is -0.511. The first-order valence-electron chi connectivity index (χ1n) is 6.98. The van der Waals surface area contributed by atoms with E-state index in [4.69, 9.17) is 4.74 Å². The maximum Gasteiger partial charge on any atom is 0.242 e. The normalized spacial score (nSPS) is 11.6. The largest absolute Gasteiger partial charge is 0.494 e. The summed E-state index contributed by atoms with van der Waals surface area (Å²) in [6.07, 6.45) is 0.929. The van der Waals surface area contributed by atoms with Gasteiger partial charge in [-0.25, -0.2) is 0 Å². The number of carbonyl (C=O) groups excluding carboxylic acids is 2. The summed E-state index contributed by atoms with van der Waals surface area (Å²) in [4.78, 5) is 23.1. The lowest BCUT2D eigenvalue weighted by atomic mass is 10.2. The highest BCUT2D eigenvalue weighted by Gasteiger charge is 2.14. The summed E-state index contributed by atoms with van der Waals surface area (Å²) in [6, 6.07) is 7.03. The molecule has 116 valence electrons. The maximum atomic E-state index is 11.7. The van der Waals surface area contributed by atoms with Gasteiger partial charge in [0.2, 0.25) is 11.8 Å². The Labute approximate surface area is 133 Å². The van der Waals surface area contributed by atoms with Gasteiger partial charge in [-0.15, -0.1) is 0 Å². The highest BCUT2D eigenvalue weighted by Crippen LogP contribution is 2.17. The Morgan fingerprint density at radius 1 is 1.38 bits per heavy atom. The van der Waals surface area contributed by atoms with Crippen molar-refractivity contribution in [3.8, 4) is 5.75 Å². The van der Waals surface area contributed by atoms with Gasteiger partial charge in [0.05, 0.1) is 6.61 Å². The van der Waals surface area contributed by atoms with E-state index in [1.165, 1.54) is 0 Å². The molecule has 0 aliphatic carbocycles. The van der Waals surface area contributed by atoms with Crippen LogP contribution >= 0.6 is 15.9 Å². The number of halogens is 1. The van der Waals surface area contributed by atoms with Crippen LogP contribution < -0.4 is 15.4 Å². The summed E-state index contributed by atoms with van der Waals surface area (Å²) in [5.41, 5.74) is 0. The molecule has 2 amide bonds. The van der Waals surface area contributed by atoms with Gasteiger partial charge in [0.1, 0.15) is 11.8 Å². The Morgan fingerprint density at radius 3 is 2.81 bits per heavy atom. The van der Waals surface area contributed by atoms with Crippen molar-refractivity contribution in [1.82, 2.24) is 10.6 Å². The second kappa shape index (κ2) is 9.39. The molecular formula is C15H21BrN2O3. The number of carbonyl (C=O) groups is 2. The monoisotopic (exact) mass is 356 g/mol. The van der Waals surface area contributed by atoms with Gasteiger partial charge < -0.3 is 15.4 Å². The number of benzene rings is 1. The highest BCUT2D eigenvalue weighted by atomic mass is 79.9. The van der Waals surface area contributed by atoms with E-state index < -0.39 is 6.04 Å². The van der Waals surface area contributed by atoms with E-state index in [2.05, 4.69) is 26.6 Å². The number of amides is 2. The Balaban J connectivity index is 2.20. The summed E-state index contributed by atoms with van der Waals surface area (Å²) < 4.78 is 6.49. The Morgan fingerprint density at radius 2 is 2.14 bits per heavy atom. The molecule has 0 unspecified atom stereocenters. The zero-order valence-electron chi connectivity index (χ0n) is 12.3. The SMILES string of the molecule is CCNC(=O)[C@H](C)NC(=O)CCCOc1cccc(Br)c1. The Hall–Kier alpha value is -1.56. The quantitative estimate of drug-likeness (QED) is 0.702. The third-order valence-electron chi connectivity index (χ3n) is 2.73. The molecule has 0 radical (unpaired) electrons. The fraction of sp³-hybridized carbons (Fsp3) is 0.467. The van der Waals surface area contributed by atoms with Crippen LogP contribution in [0, 0.1) is 0 Å². The summed E-state index contributed by atoms with van der Waals surface area (Å²) in [7, 11) is 0. The number of hydrogen-bond donors (Lipinski definition) is 2. The van der Waals surface area contributed by atoms with Gasteiger partial charge in [0.15, 0.2) is 0 Å². The van der Waals surface area contributed by atoms with Crippen LogP contribution in [-0.2, 0) is 9.59 Å². The molecule has 1 atom stereocenters. The fourth-order valence-corrected chi connectivity index (χ4v) is 2.06. The average molecular weight is 357 g/mol. The third kappa shape index (κ3) is 7.13. The fourth-order valence-electron chi connectivity index (χ4n) is 1.69. The standard InChI is InChI=1S/C15H21BrN2O3/c1-3-17-15(20)11(2)18-14(19)8-5-9-21-13-7-4-6-12(16)10-13/h4,6-7,10-11H,3,5,8-9H2,1-2H3,(H,17,20)(H,18,19)/t11-/m0/s1. The molecule has 1 rings (SSSR count). The lowest BCUT2D eigenvalue weighted by molar-refractivity contribution is -0.128. The smallest absolute Gasteiger partial charge is 0.242 e.